The second kappa shape index (κ2) is 10.8. The fourth-order valence-electron chi connectivity index (χ4n) is 4.86. The largest absolute Gasteiger partial charge is 0.478 e. The second-order valence-corrected chi connectivity index (χ2v) is 11.0. The maximum absolute atomic E-state index is 13.9. The Balaban J connectivity index is 1.47. The van der Waals surface area contributed by atoms with Crippen molar-refractivity contribution in [1.29, 1.82) is 0 Å². The summed E-state index contributed by atoms with van der Waals surface area (Å²) < 4.78 is 7.06. The Morgan fingerprint density at radius 2 is 1.76 bits per heavy atom. The quantitative estimate of drug-likeness (QED) is 0.257. The van der Waals surface area contributed by atoms with Crippen LogP contribution in [0.1, 0.15) is 27.7 Å². The number of benzene rings is 3. The smallest absolute Gasteiger partial charge is 0.439 e. The first-order valence-corrected chi connectivity index (χ1v) is 14.0. The molecule has 0 aliphatic carbocycles. The van der Waals surface area contributed by atoms with Gasteiger partial charge in [0.25, 0.3) is 5.56 Å². The predicted octanol–water partition coefficient (Wildman–Crippen LogP) is 5.19. The first-order valence-electron chi connectivity index (χ1n) is 12.8. The van der Waals surface area contributed by atoms with Crippen LogP contribution in [0.3, 0.4) is 0 Å². The molecule has 210 valence electrons. The highest BCUT2D eigenvalue weighted by atomic mass is 35.5. The third kappa shape index (κ3) is 4.78. The molecule has 3 heterocycles. The molecular weight excluding hydrogens is 580 g/mol. The zero-order valence-corrected chi connectivity index (χ0v) is 23.5. The van der Waals surface area contributed by atoms with Crippen molar-refractivity contribution in [2.24, 2.45) is 0 Å². The second-order valence-electron chi connectivity index (χ2n) is 9.45. The normalized spacial score (nSPS) is 11.3. The molecule has 0 radical (unpaired) electrons. The van der Waals surface area contributed by atoms with Crippen LogP contribution in [0, 0.1) is 0 Å². The fraction of sp³-hybridized carbons (Fsp3) is 0.100. The molecule has 0 bridgehead atoms. The van der Waals surface area contributed by atoms with Gasteiger partial charge in [-0.3, -0.25) is 18.9 Å². The van der Waals surface area contributed by atoms with Gasteiger partial charge in [0.05, 0.1) is 23.2 Å². The number of thiophene rings is 1. The van der Waals surface area contributed by atoms with E-state index in [2.05, 4.69) is 14.7 Å². The SMILES string of the molecule is CCc1cc2c(=O)n(-c3ccc(Cl)cc3C(=O)O)c(=O)n(Cc3ccc(-c4ccccc4-c4noc(=O)[nH]4)cc3)c2s1. The van der Waals surface area contributed by atoms with Crippen molar-refractivity contribution >= 4 is 39.1 Å². The van der Waals surface area contributed by atoms with Gasteiger partial charge in [0.15, 0.2) is 5.82 Å². The number of aryl methyl sites for hydroxylation is 1. The lowest BCUT2D eigenvalue weighted by atomic mass is 9.98. The van der Waals surface area contributed by atoms with Gasteiger partial charge in [-0.05, 0) is 47.4 Å². The highest BCUT2D eigenvalue weighted by Crippen LogP contribution is 2.30. The van der Waals surface area contributed by atoms with Crippen molar-refractivity contribution in [3.8, 4) is 28.2 Å². The number of rotatable bonds is 7. The Bertz CT molecular complexity index is 2170. The summed E-state index contributed by atoms with van der Waals surface area (Å²) in [5, 5.41) is 14.1. The van der Waals surface area contributed by atoms with Crippen molar-refractivity contribution in [3.05, 3.63) is 125 Å². The number of halogens is 1. The molecule has 3 aromatic heterocycles. The molecule has 42 heavy (non-hydrogen) atoms. The number of nitrogens with zero attached hydrogens (tertiary/aromatic N) is 3. The maximum atomic E-state index is 13.9. The molecule has 0 spiro atoms. The third-order valence-corrected chi connectivity index (χ3v) is 8.41. The van der Waals surface area contributed by atoms with Crippen molar-refractivity contribution in [3.63, 3.8) is 0 Å². The molecule has 0 amide bonds. The molecule has 0 unspecified atom stereocenters. The lowest BCUT2D eigenvalue weighted by Crippen LogP contribution is -2.39. The Morgan fingerprint density at radius 3 is 2.43 bits per heavy atom. The lowest BCUT2D eigenvalue weighted by Gasteiger charge is -2.14. The minimum absolute atomic E-state index is 0.0559. The summed E-state index contributed by atoms with van der Waals surface area (Å²) in [4.78, 5) is 55.0. The third-order valence-electron chi connectivity index (χ3n) is 6.87. The van der Waals surface area contributed by atoms with Gasteiger partial charge in [0.2, 0.25) is 0 Å². The lowest BCUT2D eigenvalue weighted by molar-refractivity contribution is 0.0697. The number of aromatic amines is 1. The summed E-state index contributed by atoms with van der Waals surface area (Å²) in [5.74, 6) is -1.65. The van der Waals surface area contributed by atoms with E-state index in [0.29, 0.717) is 28.0 Å². The summed E-state index contributed by atoms with van der Waals surface area (Å²) in [6.45, 7) is 2.09. The van der Waals surface area contributed by atoms with E-state index in [0.717, 1.165) is 26.1 Å². The van der Waals surface area contributed by atoms with Crippen molar-refractivity contribution in [2.45, 2.75) is 19.9 Å². The number of carbonyl (C=O) groups is 1. The van der Waals surface area contributed by atoms with E-state index in [-0.39, 0.29) is 22.8 Å². The molecule has 12 heteroatoms. The number of carboxylic acid groups (broad SMARTS) is 1. The van der Waals surface area contributed by atoms with Gasteiger partial charge < -0.3 is 5.11 Å². The first kappa shape index (κ1) is 27.2. The number of carboxylic acids is 1. The molecule has 10 nitrogen and oxygen atoms in total. The van der Waals surface area contributed by atoms with Crippen LogP contribution in [0.25, 0.3) is 38.4 Å². The highest BCUT2D eigenvalue weighted by molar-refractivity contribution is 7.18. The molecular formula is C30H21ClN4O6S. The molecule has 0 atom stereocenters. The molecule has 6 aromatic rings. The number of hydrogen-bond donors (Lipinski definition) is 2. The van der Waals surface area contributed by atoms with Crippen LogP contribution >= 0.6 is 22.9 Å². The topological polar surface area (TPSA) is 140 Å². The van der Waals surface area contributed by atoms with Crippen LogP contribution in [-0.2, 0) is 13.0 Å². The van der Waals surface area contributed by atoms with E-state index in [9.17, 15) is 24.3 Å². The summed E-state index contributed by atoms with van der Waals surface area (Å²) in [5.41, 5.74) is 1.56. The van der Waals surface area contributed by atoms with E-state index in [1.165, 1.54) is 34.1 Å². The molecule has 6 rings (SSSR count). The van der Waals surface area contributed by atoms with Gasteiger partial charge in [0.1, 0.15) is 4.83 Å². The van der Waals surface area contributed by atoms with Crippen LogP contribution in [0.2, 0.25) is 5.02 Å². The van der Waals surface area contributed by atoms with Crippen LogP contribution in [-0.4, -0.2) is 30.4 Å². The van der Waals surface area contributed by atoms with Gasteiger partial charge in [-0.15, -0.1) is 11.3 Å². The van der Waals surface area contributed by atoms with Crippen LogP contribution in [0.15, 0.2) is 91.7 Å². The van der Waals surface area contributed by atoms with Crippen molar-refractivity contribution < 1.29 is 14.4 Å². The minimum Gasteiger partial charge on any atom is -0.478 e. The maximum Gasteiger partial charge on any atom is 0.439 e. The van der Waals surface area contributed by atoms with Crippen LogP contribution < -0.4 is 17.0 Å². The molecule has 2 N–H and O–H groups in total. The van der Waals surface area contributed by atoms with E-state index in [1.807, 2.05) is 55.5 Å². The summed E-state index contributed by atoms with van der Waals surface area (Å²) in [6.07, 6.45) is 0.666. The monoisotopic (exact) mass is 600 g/mol. The highest BCUT2D eigenvalue weighted by Gasteiger charge is 2.22. The summed E-state index contributed by atoms with van der Waals surface area (Å²) in [6, 6.07) is 20.7. The zero-order chi connectivity index (χ0) is 29.5. The van der Waals surface area contributed by atoms with Crippen LogP contribution in [0.5, 0.6) is 0 Å². The predicted molar refractivity (Wildman–Crippen MR) is 160 cm³/mol. The number of H-pyrrole nitrogens is 1. The van der Waals surface area contributed by atoms with Gasteiger partial charge in [-0.25, -0.2) is 19.0 Å². The number of fused-ring (bicyclic) bond motifs is 1. The average Bonchev–Trinajstić information content (AvgIpc) is 3.63. The molecule has 0 aliphatic heterocycles. The Kier molecular flexibility index (Phi) is 6.97. The first-order chi connectivity index (χ1) is 20.2. The minimum atomic E-state index is -1.31. The number of aromatic carboxylic acids is 1. The van der Waals surface area contributed by atoms with Gasteiger partial charge >= 0.3 is 17.4 Å². The van der Waals surface area contributed by atoms with Gasteiger partial charge in [0, 0.05) is 15.5 Å². The van der Waals surface area contributed by atoms with Gasteiger partial charge in [-0.1, -0.05) is 72.2 Å². The van der Waals surface area contributed by atoms with E-state index in [1.54, 1.807) is 6.07 Å². The summed E-state index contributed by atoms with van der Waals surface area (Å²) >= 11 is 7.39. The number of nitrogens with one attached hydrogen (secondary N) is 1. The van der Waals surface area contributed by atoms with Crippen molar-refractivity contribution in [1.82, 2.24) is 19.3 Å². The molecule has 0 fully saturated rings. The molecule has 0 saturated carbocycles. The average molecular weight is 601 g/mol. The van der Waals surface area contributed by atoms with E-state index >= 15 is 0 Å². The molecule has 0 aliphatic rings. The Morgan fingerprint density at radius 1 is 1.02 bits per heavy atom. The van der Waals surface area contributed by atoms with Crippen LogP contribution in [0.4, 0.5) is 0 Å². The fourth-order valence-corrected chi connectivity index (χ4v) is 6.11. The zero-order valence-electron chi connectivity index (χ0n) is 22.0. The standard InChI is InChI=1S/C30H21ClN4O6S/c1-2-19-14-23-26(36)35(24-12-11-18(31)13-22(24)28(37)38)30(40)34(27(23)42-19)15-16-7-9-17(10-8-16)20-5-3-4-6-21(20)25-32-29(39)41-33-25/h3-14H,2,15H2,1H3,(H,37,38)(H,32,33,39). The van der Waals surface area contributed by atoms with E-state index in [4.69, 9.17) is 11.6 Å². The van der Waals surface area contributed by atoms with Crippen molar-refractivity contribution in [2.75, 3.05) is 0 Å². The molecule has 3 aromatic carbocycles. The Labute approximate surface area is 245 Å². The van der Waals surface area contributed by atoms with E-state index < -0.39 is 23.0 Å². The molecule has 0 saturated heterocycles. The van der Waals surface area contributed by atoms with Gasteiger partial charge in [-0.2, -0.15) is 0 Å². The number of aromatic nitrogens is 4. The number of hydrogen-bond acceptors (Lipinski definition) is 7. The Hall–Kier alpha value is -5.00. The summed E-state index contributed by atoms with van der Waals surface area (Å²) in [7, 11) is 0.